The fourth-order valence-corrected chi connectivity index (χ4v) is 2.56. The van der Waals surface area contributed by atoms with Crippen molar-refractivity contribution in [3.63, 3.8) is 0 Å². The number of rotatable bonds is 5. The number of carboxylic acids is 1. The van der Waals surface area contributed by atoms with Crippen LogP contribution in [0.25, 0.3) is 0 Å². The average molecular weight is 261 g/mol. The van der Waals surface area contributed by atoms with Crippen molar-refractivity contribution in [3.8, 4) is 0 Å². The Labute approximate surface area is 99.5 Å². The van der Waals surface area contributed by atoms with Crippen molar-refractivity contribution < 1.29 is 18.3 Å². The molecule has 0 aliphatic rings. The van der Waals surface area contributed by atoms with Gasteiger partial charge < -0.3 is 9.67 Å². The van der Waals surface area contributed by atoms with E-state index in [1.165, 1.54) is 24.0 Å². The highest BCUT2D eigenvalue weighted by atomic mass is 32.2. The van der Waals surface area contributed by atoms with Gasteiger partial charge in [0.05, 0.1) is 6.33 Å². The molecule has 0 spiro atoms. The van der Waals surface area contributed by atoms with Gasteiger partial charge in [-0.2, -0.15) is 4.72 Å². The van der Waals surface area contributed by atoms with Gasteiger partial charge in [-0.3, -0.25) is 4.79 Å². The summed E-state index contributed by atoms with van der Waals surface area (Å²) < 4.78 is 27.4. The molecule has 0 fully saturated rings. The quantitative estimate of drug-likeness (QED) is 0.774. The predicted octanol–water partition coefficient (Wildman–Crippen LogP) is -0.0483. The average Bonchev–Trinajstić information content (AvgIpc) is 2.64. The van der Waals surface area contributed by atoms with E-state index in [9.17, 15) is 13.2 Å². The van der Waals surface area contributed by atoms with Crippen LogP contribution in [0.15, 0.2) is 17.6 Å². The summed E-state index contributed by atoms with van der Waals surface area (Å²) in [7, 11) is -2.29. The number of sulfonamides is 1. The second-order valence-electron chi connectivity index (χ2n) is 3.97. The second-order valence-corrected chi connectivity index (χ2v) is 5.60. The molecule has 1 heterocycles. The summed E-state index contributed by atoms with van der Waals surface area (Å²) in [5.41, 5.74) is -1.53. The van der Waals surface area contributed by atoms with Gasteiger partial charge in [-0.15, -0.1) is 0 Å². The first-order chi connectivity index (χ1) is 7.71. The summed E-state index contributed by atoms with van der Waals surface area (Å²) in [6, 6.07) is 0. The van der Waals surface area contributed by atoms with Crippen LogP contribution in [-0.4, -0.2) is 34.6 Å². The molecule has 1 aromatic heterocycles. The highest BCUT2D eigenvalue weighted by molar-refractivity contribution is 7.89. The van der Waals surface area contributed by atoms with Gasteiger partial charge in [-0.05, 0) is 13.3 Å². The molecule has 0 radical (unpaired) electrons. The van der Waals surface area contributed by atoms with Gasteiger partial charge >= 0.3 is 5.97 Å². The fraction of sp³-hybridized carbons (Fsp3) is 0.556. The number of carboxylic acid groups (broad SMARTS) is 1. The number of aryl methyl sites for hydroxylation is 1. The molecule has 0 aliphatic carbocycles. The summed E-state index contributed by atoms with van der Waals surface area (Å²) in [4.78, 5) is 14.7. The molecule has 0 bridgehead atoms. The van der Waals surface area contributed by atoms with Crippen LogP contribution >= 0.6 is 0 Å². The number of imidazole rings is 1. The number of aliphatic carboxylic acids is 1. The Bertz CT molecular complexity index is 522. The van der Waals surface area contributed by atoms with Crippen molar-refractivity contribution in [2.24, 2.45) is 7.05 Å². The van der Waals surface area contributed by atoms with E-state index in [1.54, 1.807) is 14.0 Å². The number of hydrogen-bond acceptors (Lipinski definition) is 4. The first-order valence-electron chi connectivity index (χ1n) is 4.96. The number of nitrogens with zero attached hydrogens (tertiary/aromatic N) is 2. The Morgan fingerprint density at radius 2 is 2.24 bits per heavy atom. The first-order valence-corrected chi connectivity index (χ1v) is 6.45. The molecular formula is C9H15N3O4S. The summed E-state index contributed by atoms with van der Waals surface area (Å²) in [6.45, 7) is 2.91. The van der Waals surface area contributed by atoms with Crippen LogP contribution in [0.1, 0.15) is 20.3 Å². The molecule has 8 heteroatoms. The third kappa shape index (κ3) is 2.83. The van der Waals surface area contributed by atoms with Crippen molar-refractivity contribution >= 4 is 16.0 Å². The van der Waals surface area contributed by atoms with Gasteiger partial charge in [0.15, 0.2) is 5.03 Å². The van der Waals surface area contributed by atoms with Gasteiger partial charge in [-0.1, -0.05) is 6.92 Å². The zero-order valence-electron chi connectivity index (χ0n) is 9.84. The summed E-state index contributed by atoms with van der Waals surface area (Å²) in [5, 5.41) is 8.80. The fourth-order valence-electron chi connectivity index (χ4n) is 1.14. The van der Waals surface area contributed by atoms with E-state index < -0.39 is 21.5 Å². The minimum absolute atomic E-state index is 0.133. The van der Waals surface area contributed by atoms with Crippen molar-refractivity contribution in [1.29, 1.82) is 0 Å². The standard InChI is InChI=1S/C9H15N3O4S/c1-4-9(2,8(13)14)11-17(15,16)7-5-12(3)6-10-7/h5-6,11H,4H2,1-3H3,(H,13,14). The lowest BCUT2D eigenvalue weighted by molar-refractivity contribution is -0.143. The van der Waals surface area contributed by atoms with Crippen LogP contribution in [0.3, 0.4) is 0 Å². The molecule has 96 valence electrons. The van der Waals surface area contributed by atoms with Crippen LogP contribution in [0.4, 0.5) is 0 Å². The van der Waals surface area contributed by atoms with E-state index in [2.05, 4.69) is 9.71 Å². The van der Waals surface area contributed by atoms with E-state index in [0.717, 1.165) is 0 Å². The summed E-state index contributed by atoms with van der Waals surface area (Å²) >= 11 is 0. The molecule has 0 saturated heterocycles. The lowest BCUT2D eigenvalue weighted by Gasteiger charge is -2.23. The summed E-state index contributed by atoms with van der Waals surface area (Å²) in [5.74, 6) is -1.22. The van der Waals surface area contributed by atoms with E-state index in [-0.39, 0.29) is 11.4 Å². The van der Waals surface area contributed by atoms with Gasteiger partial charge in [0, 0.05) is 13.2 Å². The maximum atomic E-state index is 11.9. The molecule has 1 atom stereocenters. The van der Waals surface area contributed by atoms with E-state index >= 15 is 0 Å². The van der Waals surface area contributed by atoms with Gasteiger partial charge in [0.25, 0.3) is 10.0 Å². The molecule has 1 unspecified atom stereocenters. The number of nitrogens with one attached hydrogen (secondary N) is 1. The lowest BCUT2D eigenvalue weighted by Crippen LogP contribution is -2.51. The Hall–Kier alpha value is -1.41. The Morgan fingerprint density at radius 3 is 2.59 bits per heavy atom. The Balaban J connectivity index is 3.06. The molecule has 0 aromatic carbocycles. The number of hydrogen-bond donors (Lipinski definition) is 2. The molecule has 7 nitrogen and oxygen atoms in total. The molecule has 2 N–H and O–H groups in total. The van der Waals surface area contributed by atoms with Gasteiger partial charge in [0.1, 0.15) is 5.54 Å². The van der Waals surface area contributed by atoms with Crippen LogP contribution in [0, 0.1) is 0 Å². The largest absolute Gasteiger partial charge is 0.480 e. The molecular weight excluding hydrogens is 246 g/mol. The molecule has 1 rings (SSSR count). The van der Waals surface area contributed by atoms with Gasteiger partial charge in [-0.25, -0.2) is 13.4 Å². The molecule has 0 amide bonds. The minimum atomic E-state index is -3.92. The lowest BCUT2D eigenvalue weighted by atomic mass is 10.0. The third-order valence-electron chi connectivity index (χ3n) is 2.50. The Kier molecular flexibility index (Phi) is 3.58. The molecule has 17 heavy (non-hydrogen) atoms. The van der Waals surface area contributed by atoms with E-state index in [4.69, 9.17) is 5.11 Å². The monoisotopic (exact) mass is 261 g/mol. The van der Waals surface area contributed by atoms with Crippen LogP contribution in [0.2, 0.25) is 0 Å². The maximum absolute atomic E-state index is 11.9. The normalized spacial score (nSPS) is 15.5. The Morgan fingerprint density at radius 1 is 1.65 bits per heavy atom. The van der Waals surface area contributed by atoms with Gasteiger partial charge in [0.2, 0.25) is 0 Å². The topological polar surface area (TPSA) is 101 Å². The zero-order valence-corrected chi connectivity index (χ0v) is 10.7. The number of carbonyl (C=O) groups is 1. The van der Waals surface area contributed by atoms with E-state index in [0.29, 0.717) is 0 Å². The third-order valence-corrected chi connectivity index (χ3v) is 3.98. The molecule has 0 aliphatic heterocycles. The van der Waals surface area contributed by atoms with E-state index in [1.807, 2.05) is 0 Å². The second kappa shape index (κ2) is 4.46. The minimum Gasteiger partial charge on any atom is -0.480 e. The zero-order chi connectivity index (χ0) is 13.3. The first kappa shape index (κ1) is 13.7. The summed E-state index contributed by atoms with van der Waals surface area (Å²) in [6.07, 6.45) is 2.77. The van der Waals surface area contributed by atoms with Crippen molar-refractivity contribution in [2.75, 3.05) is 0 Å². The molecule has 0 saturated carbocycles. The van der Waals surface area contributed by atoms with Crippen LogP contribution < -0.4 is 4.72 Å². The SMILES string of the molecule is CCC(C)(NS(=O)(=O)c1cn(C)cn1)C(=O)O. The predicted molar refractivity (Wildman–Crippen MR) is 59.9 cm³/mol. The van der Waals surface area contributed by atoms with Crippen LogP contribution in [0.5, 0.6) is 0 Å². The van der Waals surface area contributed by atoms with Crippen molar-refractivity contribution in [1.82, 2.24) is 14.3 Å². The van der Waals surface area contributed by atoms with Crippen LogP contribution in [-0.2, 0) is 21.9 Å². The van der Waals surface area contributed by atoms with Crippen molar-refractivity contribution in [2.45, 2.75) is 30.8 Å². The number of aromatic nitrogens is 2. The highest BCUT2D eigenvalue weighted by Gasteiger charge is 2.36. The smallest absolute Gasteiger partial charge is 0.324 e. The molecule has 1 aromatic rings. The van der Waals surface area contributed by atoms with Crippen molar-refractivity contribution in [3.05, 3.63) is 12.5 Å². The maximum Gasteiger partial charge on any atom is 0.324 e. The highest BCUT2D eigenvalue weighted by Crippen LogP contribution is 2.14.